The predicted molar refractivity (Wildman–Crippen MR) is 67.2 cm³/mol. The molecular weight excluding hydrogens is 233 g/mol. The fourth-order valence-corrected chi connectivity index (χ4v) is 1.60. The summed E-state index contributed by atoms with van der Waals surface area (Å²) >= 11 is 0. The van der Waals surface area contributed by atoms with Crippen LogP contribution < -0.4 is 5.32 Å². The molecule has 0 radical (unpaired) electrons. The molecule has 0 aliphatic carbocycles. The van der Waals surface area contributed by atoms with Gasteiger partial charge < -0.3 is 10.4 Å². The van der Waals surface area contributed by atoms with Crippen molar-refractivity contribution in [3.05, 3.63) is 59.4 Å². The van der Waals surface area contributed by atoms with E-state index < -0.39 is 5.91 Å². The van der Waals surface area contributed by atoms with Crippen molar-refractivity contribution in [1.29, 1.82) is 0 Å². The Bertz CT molecular complexity index is 596. The number of halogens is 1. The van der Waals surface area contributed by atoms with Crippen LogP contribution >= 0.6 is 0 Å². The van der Waals surface area contributed by atoms with Crippen molar-refractivity contribution in [3.8, 4) is 5.75 Å². The molecule has 4 heteroatoms. The summed E-state index contributed by atoms with van der Waals surface area (Å²) in [5.41, 5.74) is 0.908. The first kappa shape index (κ1) is 12.1. The maximum absolute atomic E-state index is 13.3. The third kappa shape index (κ3) is 2.32. The topological polar surface area (TPSA) is 49.3 Å². The van der Waals surface area contributed by atoms with Crippen LogP contribution in [0.2, 0.25) is 0 Å². The summed E-state index contributed by atoms with van der Waals surface area (Å²) in [6.45, 7) is 1.58. The van der Waals surface area contributed by atoms with Gasteiger partial charge in [-0.2, -0.15) is 0 Å². The first-order valence-electron chi connectivity index (χ1n) is 5.44. The molecule has 2 aromatic rings. The molecule has 3 nitrogen and oxygen atoms in total. The van der Waals surface area contributed by atoms with E-state index in [0.717, 1.165) is 0 Å². The fraction of sp³-hybridized carbons (Fsp3) is 0.0714. The van der Waals surface area contributed by atoms with Gasteiger partial charge in [-0.1, -0.05) is 18.2 Å². The van der Waals surface area contributed by atoms with Crippen LogP contribution in [0.3, 0.4) is 0 Å². The van der Waals surface area contributed by atoms with Gasteiger partial charge in [0.15, 0.2) is 0 Å². The number of nitrogens with one attached hydrogen (secondary N) is 1. The molecule has 0 saturated heterocycles. The van der Waals surface area contributed by atoms with Gasteiger partial charge in [0.25, 0.3) is 5.91 Å². The lowest BCUT2D eigenvalue weighted by Crippen LogP contribution is -2.13. The van der Waals surface area contributed by atoms with E-state index in [1.165, 1.54) is 24.3 Å². The number of hydrogen-bond acceptors (Lipinski definition) is 2. The summed E-state index contributed by atoms with van der Waals surface area (Å²) in [7, 11) is 0. The van der Waals surface area contributed by atoms with Crippen molar-refractivity contribution in [2.45, 2.75) is 6.92 Å². The molecule has 92 valence electrons. The van der Waals surface area contributed by atoms with E-state index in [4.69, 9.17) is 0 Å². The van der Waals surface area contributed by atoms with E-state index in [0.29, 0.717) is 11.3 Å². The van der Waals surface area contributed by atoms with Crippen LogP contribution in [0.1, 0.15) is 15.9 Å². The second kappa shape index (κ2) is 4.87. The zero-order chi connectivity index (χ0) is 13.1. The van der Waals surface area contributed by atoms with Crippen LogP contribution in [0.4, 0.5) is 10.1 Å². The van der Waals surface area contributed by atoms with Gasteiger partial charge in [-0.3, -0.25) is 4.79 Å². The zero-order valence-electron chi connectivity index (χ0n) is 9.77. The van der Waals surface area contributed by atoms with Crippen molar-refractivity contribution in [2.24, 2.45) is 0 Å². The van der Waals surface area contributed by atoms with Crippen molar-refractivity contribution in [1.82, 2.24) is 0 Å². The smallest absolute Gasteiger partial charge is 0.259 e. The van der Waals surface area contributed by atoms with Gasteiger partial charge in [0.1, 0.15) is 11.6 Å². The van der Waals surface area contributed by atoms with Crippen molar-refractivity contribution < 1.29 is 14.3 Å². The third-order valence-electron chi connectivity index (χ3n) is 2.66. The molecule has 0 heterocycles. The number of para-hydroxylation sites is 1. The lowest BCUT2D eigenvalue weighted by atomic mass is 10.1. The normalized spacial score (nSPS) is 10.1. The Morgan fingerprint density at radius 2 is 1.89 bits per heavy atom. The first-order chi connectivity index (χ1) is 8.59. The van der Waals surface area contributed by atoms with E-state index in [2.05, 4.69) is 5.32 Å². The van der Waals surface area contributed by atoms with Gasteiger partial charge in [-0.15, -0.1) is 0 Å². The molecule has 18 heavy (non-hydrogen) atoms. The summed E-state index contributed by atoms with van der Waals surface area (Å²) in [5.74, 6) is -0.962. The number of phenols is 1. The van der Waals surface area contributed by atoms with Gasteiger partial charge in [-0.05, 0) is 31.2 Å². The minimum absolute atomic E-state index is 0.107. The van der Waals surface area contributed by atoms with Crippen molar-refractivity contribution in [3.63, 3.8) is 0 Å². The average molecular weight is 245 g/mol. The standard InChI is InChI=1S/C14H12FNO2/c1-9-11(15)6-4-7-12(9)16-14(18)10-5-2-3-8-13(10)17/h2-8,17H,1H3,(H,16,18). The van der Waals surface area contributed by atoms with Crippen LogP contribution in [0.5, 0.6) is 5.75 Å². The maximum atomic E-state index is 13.3. The van der Waals surface area contributed by atoms with Crippen molar-refractivity contribution in [2.75, 3.05) is 5.32 Å². The molecule has 0 aromatic heterocycles. The maximum Gasteiger partial charge on any atom is 0.259 e. The lowest BCUT2D eigenvalue weighted by Gasteiger charge is -2.09. The van der Waals surface area contributed by atoms with Gasteiger partial charge >= 0.3 is 0 Å². The Morgan fingerprint density at radius 1 is 1.17 bits per heavy atom. The summed E-state index contributed by atoms with van der Waals surface area (Å²) in [4.78, 5) is 11.9. The molecule has 2 aromatic carbocycles. The monoisotopic (exact) mass is 245 g/mol. The fourth-order valence-electron chi connectivity index (χ4n) is 1.60. The minimum Gasteiger partial charge on any atom is -0.507 e. The number of benzene rings is 2. The number of phenolic OH excluding ortho intramolecular Hbond substituents is 1. The minimum atomic E-state index is -0.471. The largest absolute Gasteiger partial charge is 0.507 e. The van der Waals surface area contributed by atoms with Crippen LogP contribution in [-0.4, -0.2) is 11.0 Å². The first-order valence-corrected chi connectivity index (χ1v) is 5.44. The van der Waals surface area contributed by atoms with Crippen molar-refractivity contribution >= 4 is 11.6 Å². The summed E-state index contributed by atoms with van der Waals surface area (Å²) in [6.07, 6.45) is 0. The highest BCUT2D eigenvalue weighted by Gasteiger charge is 2.12. The van der Waals surface area contributed by atoms with E-state index in [-0.39, 0.29) is 17.1 Å². The molecule has 2 N–H and O–H groups in total. The Morgan fingerprint density at radius 3 is 2.61 bits per heavy atom. The van der Waals surface area contributed by atoms with E-state index in [9.17, 15) is 14.3 Å². The molecule has 0 unspecified atom stereocenters. The van der Waals surface area contributed by atoms with Gasteiger partial charge in [-0.25, -0.2) is 4.39 Å². The highest BCUT2D eigenvalue weighted by atomic mass is 19.1. The average Bonchev–Trinajstić information content (AvgIpc) is 2.35. The third-order valence-corrected chi connectivity index (χ3v) is 2.66. The number of amides is 1. The molecule has 0 aliphatic heterocycles. The van der Waals surface area contributed by atoms with E-state index in [1.54, 1.807) is 25.1 Å². The second-order valence-corrected chi connectivity index (χ2v) is 3.88. The van der Waals surface area contributed by atoms with E-state index >= 15 is 0 Å². The second-order valence-electron chi connectivity index (χ2n) is 3.88. The Kier molecular flexibility index (Phi) is 3.28. The number of carbonyl (C=O) groups is 1. The Balaban J connectivity index is 2.27. The summed E-state index contributed by atoms with van der Waals surface area (Å²) < 4.78 is 13.3. The highest BCUT2D eigenvalue weighted by molar-refractivity contribution is 6.06. The number of carbonyl (C=O) groups excluding carboxylic acids is 1. The zero-order valence-corrected chi connectivity index (χ0v) is 9.77. The SMILES string of the molecule is Cc1c(F)cccc1NC(=O)c1ccccc1O. The van der Waals surface area contributed by atoms with Crippen LogP contribution in [0, 0.1) is 12.7 Å². The lowest BCUT2D eigenvalue weighted by molar-refractivity contribution is 0.102. The molecule has 0 spiro atoms. The number of rotatable bonds is 2. The Labute approximate surface area is 104 Å². The quantitative estimate of drug-likeness (QED) is 0.854. The van der Waals surface area contributed by atoms with Gasteiger partial charge in [0, 0.05) is 11.3 Å². The molecule has 1 amide bonds. The summed E-state index contributed by atoms with van der Waals surface area (Å²) in [6, 6.07) is 10.6. The molecule has 0 bridgehead atoms. The Hall–Kier alpha value is -2.36. The molecule has 2 rings (SSSR count). The number of aromatic hydroxyl groups is 1. The molecule has 0 aliphatic rings. The van der Waals surface area contributed by atoms with E-state index in [1.807, 2.05) is 0 Å². The summed E-state index contributed by atoms with van der Waals surface area (Å²) in [5, 5.41) is 12.1. The number of anilines is 1. The molecule has 0 fully saturated rings. The van der Waals surface area contributed by atoms with Gasteiger partial charge in [0.05, 0.1) is 5.56 Å². The molecule has 0 atom stereocenters. The molecule has 0 saturated carbocycles. The van der Waals surface area contributed by atoms with Gasteiger partial charge in [0.2, 0.25) is 0 Å². The number of hydrogen-bond donors (Lipinski definition) is 2. The molecular formula is C14H12FNO2. The highest BCUT2D eigenvalue weighted by Crippen LogP contribution is 2.21. The van der Waals surface area contributed by atoms with Crippen LogP contribution in [0.25, 0.3) is 0 Å². The van der Waals surface area contributed by atoms with Crippen LogP contribution in [0.15, 0.2) is 42.5 Å². The predicted octanol–water partition coefficient (Wildman–Crippen LogP) is 3.09. The van der Waals surface area contributed by atoms with Crippen LogP contribution in [-0.2, 0) is 0 Å².